The Hall–Kier alpha value is 0.530. The molecule has 3 aliphatic heterocycles. The Balaban J connectivity index is 2.20. The Kier molecular flexibility index (Phi) is 2.09. The van der Waals surface area contributed by atoms with Crippen molar-refractivity contribution in [3.8, 4) is 0 Å². The van der Waals surface area contributed by atoms with Gasteiger partial charge in [-0.25, -0.2) is 0 Å². The maximum Gasteiger partial charge on any atom is 0.327 e. The summed E-state index contributed by atoms with van der Waals surface area (Å²) in [5, 5.41) is 0. The molecule has 0 unspecified atom stereocenters. The lowest BCUT2D eigenvalue weighted by Crippen LogP contribution is -2.48. The van der Waals surface area contributed by atoms with Gasteiger partial charge in [0.05, 0.1) is 19.8 Å². The topological polar surface area (TPSA) is 27.7 Å². The van der Waals surface area contributed by atoms with Crippen molar-refractivity contribution in [1.82, 2.24) is 0 Å². The van der Waals surface area contributed by atoms with E-state index in [1.807, 2.05) is 0 Å². The highest BCUT2D eigenvalue weighted by atomic mass is 32.5. The van der Waals surface area contributed by atoms with Crippen molar-refractivity contribution >= 4 is 18.5 Å². The van der Waals surface area contributed by atoms with E-state index in [0.29, 0.717) is 25.7 Å². The number of fused-ring (bicyclic) bond motifs is 3. The molecule has 0 radical (unpaired) electrons. The number of hydrogen-bond donors (Lipinski definition) is 0. The van der Waals surface area contributed by atoms with E-state index in [-0.39, 0.29) is 5.41 Å². The second-order valence-corrected chi connectivity index (χ2v) is 6.80. The van der Waals surface area contributed by atoms with Crippen LogP contribution in [0.5, 0.6) is 0 Å². The maximum atomic E-state index is 5.41. The third-order valence-electron chi connectivity index (χ3n) is 2.76. The maximum absolute atomic E-state index is 5.41. The lowest BCUT2D eigenvalue weighted by molar-refractivity contribution is -0.0985. The van der Waals surface area contributed by atoms with Gasteiger partial charge in [0.15, 0.2) is 0 Å². The van der Waals surface area contributed by atoms with E-state index in [1.165, 1.54) is 0 Å². The number of hydrogen-bond acceptors (Lipinski definition) is 4. The fourth-order valence-electron chi connectivity index (χ4n) is 1.36. The van der Waals surface area contributed by atoms with Gasteiger partial charge in [0.1, 0.15) is 0 Å². The predicted octanol–water partition coefficient (Wildman–Crippen LogP) is 1.93. The summed E-state index contributed by atoms with van der Waals surface area (Å²) in [7, 11) is 0. The normalized spacial score (nSPS) is 46.9. The summed E-state index contributed by atoms with van der Waals surface area (Å²) < 4.78 is 16.2. The van der Waals surface area contributed by atoms with Crippen LogP contribution in [0.4, 0.5) is 0 Å². The van der Waals surface area contributed by atoms with Crippen LogP contribution in [0.1, 0.15) is 13.8 Å². The molecule has 5 heteroatoms. The first-order valence-electron chi connectivity index (χ1n) is 4.10. The predicted molar refractivity (Wildman–Crippen MR) is 49.4 cm³/mol. The second kappa shape index (κ2) is 2.76. The molecule has 0 aromatic heterocycles. The molecule has 70 valence electrons. The first-order chi connectivity index (χ1) is 5.56. The third kappa shape index (κ3) is 1.26. The quantitative estimate of drug-likeness (QED) is 0.615. The number of rotatable bonds is 1. The Morgan fingerprint density at radius 1 is 1.17 bits per heavy atom. The molecule has 0 N–H and O–H groups in total. The summed E-state index contributed by atoms with van der Waals surface area (Å²) in [6.45, 7) is 4.18. The summed E-state index contributed by atoms with van der Waals surface area (Å²) in [4.78, 5) is 0. The molecular formula is C7H13O3PS. The molecule has 0 aromatic rings. The molecular weight excluding hydrogens is 195 g/mol. The minimum atomic E-state index is -2.28. The summed E-state index contributed by atoms with van der Waals surface area (Å²) in [6.07, 6.45) is 0. The zero-order chi connectivity index (χ0) is 8.82. The van der Waals surface area contributed by atoms with Crippen LogP contribution >= 0.6 is 6.72 Å². The summed E-state index contributed by atoms with van der Waals surface area (Å²) >= 11 is 5.07. The lowest BCUT2D eigenvalue weighted by atomic mass is 9.79. The fourth-order valence-corrected chi connectivity index (χ4v) is 3.30. The third-order valence-corrected chi connectivity index (χ3v) is 5.04. The van der Waals surface area contributed by atoms with E-state index in [4.69, 9.17) is 25.4 Å². The summed E-state index contributed by atoms with van der Waals surface area (Å²) in [5.74, 6) is 0.515. The van der Waals surface area contributed by atoms with E-state index in [0.717, 1.165) is 0 Å². The van der Waals surface area contributed by atoms with E-state index >= 15 is 0 Å². The molecule has 3 aliphatic rings. The van der Waals surface area contributed by atoms with Crippen LogP contribution in [0.25, 0.3) is 0 Å². The van der Waals surface area contributed by atoms with Gasteiger partial charge in [0, 0.05) is 5.41 Å². The van der Waals surface area contributed by atoms with Crippen molar-refractivity contribution in [1.29, 1.82) is 0 Å². The van der Waals surface area contributed by atoms with Gasteiger partial charge in [0.2, 0.25) is 0 Å². The van der Waals surface area contributed by atoms with Gasteiger partial charge >= 0.3 is 6.72 Å². The van der Waals surface area contributed by atoms with Gasteiger partial charge in [-0.1, -0.05) is 13.8 Å². The van der Waals surface area contributed by atoms with Crippen LogP contribution in [0, 0.1) is 11.3 Å². The molecule has 0 aliphatic carbocycles. The van der Waals surface area contributed by atoms with Crippen LogP contribution in [-0.2, 0) is 25.4 Å². The molecule has 0 aromatic carbocycles. The molecule has 3 nitrogen and oxygen atoms in total. The van der Waals surface area contributed by atoms with Gasteiger partial charge in [-0.2, -0.15) is 0 Å². The fraction of sp³-hybridized carbons (Fsp3) is 1.00. The molecule has 12 heavy (non-hydrogen) atoms. The largest absolute Gasteiger partial charge is 0.327 e. The molecule has 3 rings (SSSR count). The monoisotopic (exact) mass is 208 g/mol. The SMILES string of the molecule is CC(C)C12COP(=S)(OC1)OC2. The van der Waals surface area contributed by atoms with Crippen LogP contribution in [0.2, 0.25) is 0 Å². The lowest BCUT2D eigenvalue weighted by Gasteiger charge is -2.48. The Morgan fingerprint density at radius 3 is 1.92 bits per heavy atom. The molecule has 0 spiro atoms. The summed E-state index contributed by atoms with van der Waals surface area (Å²) in [5.41, 5.74) is 0.0561. The molecule has 0 atom stereocenters. The molecule has 0 amide bonds. The van der Waals surface area contributed by atoms with Gasteiger partial charge in [-0.15, -0.1) is 0 Å². The standard InChI is InChI=1S/C7H13O3PS/c1-6(2)7-3-8-11(12,9-4-7)10-5-7/h6H,3-5H2,1-2H3. The van der Waals surface area contributed by atoms with E-state index in [9.17, 15) is 0 Å². The van der Waals surface area contributed by atoms with E-state index in [2.05, 4.69) is 13.8 Å². The van der Waals surface area contributed by atoms with Crippen molar-refractivity contribution in [2.24, 2.45) is 11.3 Å². The van der Waals surface area contributed by atoms with Crippen LogP contribution < -0.4 is 0 Å². The van der Waals surface area contributed by atoms with Crippen molar-refractivity contribution in [2.75, 3.05) is 19.8 Å². The molecule has 0 saturated carbocycles. The van der Waals surface area contributed by atoms with Crippen LogP contribution in [0.15, 0.2) is 0 Å². The molecule has 2 bridgehead atoms. The van der Waals surface area contributed by atoms with Gasteiger partial charge in [-0.05, 0) is 17.7 Å². The smallest absolute Gasteiger partial charge is 0.308 e. The van der Waals surface area contributed by atoms with Gasteiger partial charge < -0.3 is 13.6 Å². The van der Waals surface area contributed by atoms with Crippen LogP contribution in [-0.4, -0.2) is 19.8 Å². The highest BCUT2D eigenvalue weighted by Gasteiger charge is 2.49. The Labute approximate surface area is 77.6 Å². The molecule has 3 fully saturated rings. The van der Waals surface area contributed by atoms with Crippen molar-refractivity contribution in [3.63, 3.8) is 0 Å². The van der Waals surface area contributed by atoms with Crippen molar-refractivity contribution < 1.29 is 13.6 Å². The highest BCUT2D eigenvalue weighted by molar-refractivity contribution is 8.07. The average molecular weight is 208 g/mol. The minimum absolute atomic E-state index is 0.0561. The average Bonchev–Trinajstić information content (AvgIpc) is 2.06. The van der Waals surface area contributed by atoms with Gasteiger partial charge in [-0.3, -0.25) is 0 Å². The minimum Gasteiger partial charge on any atom is -0.308 e. The van der Waals surface area contributed by atoms with Gasteiger partial charge in [0.25, 0.3) is 0 Å². The zero-order valence-corrected chi connectivity index (χ0v) is 8.99. The first kappa shape index (κ1) is 9.10. The second-order valence-electron chi connectivity index (χ2n) is 3.78. The Morgan fingerprint density at radius 2 is 1.58 bits per heavy atom. The Bertz CT molecular complexity index is 210. The summed E-state index contributed by atoms with van der Waals surface area (Å²) in [6, 6.07) is 0. The van der Waals surface area contributed by atoms with Crippen LogP contribution in [0.3, 0.4) is 0 Å². The first-order valence-corrected chi connectivity index (χ1v) is 6.66. The van der Waals surface area contributed by atoms with Crippen molar-refractivity contribution in [3.05, 3.63) is 0 Å². The highest BCUT2D eigenvalue weighted by Crippen LogP contribution is 2.61. The molecule has 3 saturated heterocycles. The van der Waals surface area contributed by atoms with E-state index in [1.54, 1.807) is 0 Å². The van der Waals surface area contributed by atoms with E-state index < -0.39 is 6.72 Å². The zero-order valence-electron chi connectivity index (χ0n) is 7.28. The molecule has 3 heterocycles. The van der Waals surface area contributed by atoms with Crippen molar-refractivity contribution in [2.45, 2.75) is 13.8 Å².